The molecule has 0 bridgehead atoms. The van der Waals surface area contributed by atoms with Gasteiger partial charge in [-0.15, -0.1) is 11.3 Å². The van der Waals surface area contributed by atoms with Crippen LogP contribution in [-0.2, 0) is 16.6 Å². The summed E-state index contributed by atoms with van der Waals surface area (Å²) in [4.78, 5) is 3.29. The zero-order valence-corrected chi connectivity index (χ0v) is 13.0. The molecule has 3 N–H and O–H groups in total. The van der Waals surface area contributed by atoms with E-state index in [1.54, 1.807) is 6.92 Å². The topological polar surface area (TPSA) is 75.4 Å². The van der Waals surface area contributed by atoms with Gasteiger partial charge in [-0.1, -0.05) is 0 Å². The van der Waals surface area contributed by atoms with Crippen LogP contribution >= 0.6 is 11.3 Å². The SMILES string of the molecule is Cc1csc(CN)c1S(=O)(=O)NCCN(C)C1CC1. The van der Waals surface area contributed by atoms with Crippen LogP contribution in [0.4, 0.5) is 0 Å². The maximum absolute atomic E-state index is 12.3. The van der Waals surface area contributed by atoms with E-state index in [0.717, 1.165) is 17.0 Å². The number of likely N-dealkylation sites (N-methyl/N-ethyl adjacent to an activating group) is 1. The molecule has 0 amide bonds. The molecule has 7 heteroatoms. The van der Waals surface area contributed by atoms with Crippen molar-refractivity contribution in [3.63, 3.8) is 0 Å². The molecule has 5 nitrogen and oxygen atoms in total. The minimum Gasteiger partial charge on any atom is -0.326 e. The highest BCUT2D eigenvalue weighted by atomic mass is 32.2. The number of rotatable bonds is 7. The van der Waals surface area contributed by atoms with E-state index >= 15 is 0 Å². The first-order chi connectivity index (χ1) is 8.95. The van der Waals surface area contributed by atoms with E-state index in [-0.39, 0.29) is 6.54 Å². The molecular formula is C12H21N3O2S2. The summed E-state index contributed by atoms with van der Waals surface area (Å²) in [6.07, 6.45) is 2.45. The van der Waals surface area contributed by atoms with Crippen molar-refractivity contribution in [3.05, 3.63) is 15.8 Å². The van der Waals surface area contributed by atoms with Crippen LogP contribution in [0.3, 0.4) is 0 Å². The maximum atomic E-state index is 12.3. The van der Waals surface area contributed by atoms with E-state index in [4.69, 9.17) is 5.73 Å². The standard InChI is InChI=1S/C12H21N3O2S2/c1-9-8-18-11(7-13)12(9)19(16,17)14-5-6-15(2)10-3-4-10/h8,10,14H,3-7,13H2,1-2H3. The van der Waals surface area contributed by atoms with Crippen LogP contribution in [0.1, 0.15) is 23.3 Å². The van der Waals surface area contributed by atoms with Gasteiger partial charge in [-0.2, -0.15) is 0 Å². The van der Waals surface area contributed by atoms with E-state index in [1.807, 2.05) is 12.4 Å². The fourth-order valence-corrected chi connectivity index (χ4v) is 4.83. The highest BCUT2D eigenvalue weighted by Gasteiger charge is 2.26. The summed E-state index contributed by atoms with van der Waals surface area (Å²) in [5, 5.41) is 1.84. The molecule has 0 aromatic carbocycles. The summed E-state index contributed by atoms with van der Waals surface area (Å²) < 4.78 is 27.2. The Balaban J connectivity index is 1.99. The molecule has 0 atom stereocenters. The lowest BCUT2D eigenvalue weighted by Gasteiger charge is -2.16. The number of nitrogens with zero attached hydrogens (tertiary/aromatic N) is 1. The molecule has 1 aliphatic carbocycles. The Labute approximate surface area is 118 Å². The number of nitrogens with two attached hydrogens (primary N) is 1. The largest absolute Gasteiger partial charge is 0.326 e. The molecule has 1 aliphatic rings. The Morgan fingerprint density at radius 1 is 1.53 bits per heavy atom. The summed E-state index contributed by atoms with van der Waals surface area (Å²) in [5.41, 5.74) is 6.37. The summed E-state index contributed by atoms with van der Waals surface area (Å²) in [6, 6.07) is 0.645. The Morgan fingerprint density at radius 3 is 2.79 bits per heavy atom. The smallest absolute Gasteiger partial charge is 0.242 e. The van der Waals surface area contributed by atoms with Crippen LogP contribution in [0, 0.1) is 6.92 Å². The first-order valence-electron chi connectivity index (χ1n) is 6.42. The monoisotopic (exact) mass is 303 g/mol. The predicted octanol–water partition coefficient (Wildman–Crippen LogP) is 0.888. The van der Waals surface area contributed by atoms with Gasteiger partial charge in [0, 0.05) is 30.6 Å². The second-order valence-electron chi connectivity index (χ2n) is 4.98. The molecule has 0 radical (unpaired) electrons. The molecule has 1 aromatic heterocycles. The number of nitrogens with one attached hydrogen (secondary N) is 1. The third kappa shape index (κ3) is 3.55. The van der Waals surface area contributed by atoms with Crippen LogP contribution in [0.2, 0.25) is 0 Å². The molecule has 0 saturated heterocycles. The van der Waals surface area contributed by atoms with Gasteiger partial charge in [0.1, 0.15) is 4.90 Å². The van der Waals surface area contributed by atoms with E-state index in [9.17, 15) is 8.42 Å². The zero-order chi connectivity index (χ0) is 14.0. The minimum absolute atomic E-state index is 0.261. The van der Waals surface area contributed by atoms with Crippen molar-refractivity contribution in [2.75, 3.05) is 20.1 Å². The molecule has 108 valence electrons. The van der Waals surface area contributed by atoms with Crippen molar-refractivity contribution in [2.45, 2.75) is 37.2 Å². The summed E-state index contributed by atoms with van der Waals surface area (Å²) in [5.74, 6) is 0. The number of hydrogen-bond acceptors (Lipinski definition) is 5. The molecule has 1 heterocycles. The summed E-state index contributed by atoms with van der Waals surface area (Å²) in [6.45, 7) is 3.25. The third-order valence-corrected chi connectivity index (χ3v) is 6.32. The van der Waals surface area contributed by atoms with Gasteiger partial charge >= 0.3 is 0 Å². The van der Waals surface area contributed by atoms with Crippen molar-refractivity contribution in [1.82, 2.24) is 9.62 Å². The van der Waals surface area contributed by atoms with Gasteiger partial charge in [-0.05, 0) is 37.8 Å². The van der Waals surface area contributed by atoms with E-state index in [1.165, 1.54) is 24.2 Å². The normalized spacial score (nSPS) is 16.2. The fourth-order valence-electron chi connectivity index (χ4n) is 2.12. The Kier molecular flexibility index (Phi) is 4.62. The number of thiophene rings is 1. The van der Waals surface area contributed by atoms with Gasteiger partial charge in [0.25, 0.3) is 0 Å². The van der Waals surface area contributed by atoms with E-state index < -0.39 is 10.0 Å². The molecule has 19 heavy (non-hydrogen) atoms. The third-order valence-electron chi connectivity index (χ3n) is 3.37. The van der Waals surface area contributed by atoms with Gasteiger partial charge in [-0.3, -0.25) is 0 Å². The van der Waals surface area contributed by atoms with Gasteiger partial charge in [-0.25, -0.2) is 13.1 Å². The highest BCUT2D eigenvalue weighted by Crippen LogP contribution is 2.26. The number of hydrogen-bond donors (Lipinski definition) is 2. The molecule has 1 saturated carbocycles. The van der Waals surface area contributed by atoms with Gasteiger partial charge in [0.2, 0.25) is 10.0 Å². The highest BCUT2D eigenvalue weighted by molar-refractivity contribution is 7.89. The second-order valence-corrected chi connectivity index (χ2v) is 7.65. The summed E-state index contributed by atoms with van der Waals surface area (Å²) >= 11 is 1.40. The quantitative estimate of drug-likeness (QED) is 0.784. The van der Waals surface area contributed by atoms with Crippen LogP contribution < -0.4 is 10.5 Å². The van der Waals surface area contributed by atoms with Crippen molar-refractivity contribution < 1.29 is 8.42 Å². The van der Waals surface area contributed by atoms with Gasteiger partial charge < -0.3 is 10.6 Å². The van der Waals surface area contributed by atoms with Crippen LogP contribution in [-0.4, -0.2) is 39.5 Å². The number of sulfonamides is 1. The van der Waals surface area contributed by atoms with Crippen molar-refractivity contribution in [3.8, 4) is 0 Å². The van der Waals surface area contributed by atoms with E-state index in [2.05, 4.69) is 9.62 Å². The van der Waals surface area contributed by atoms with Crippen LogP contribution in [0.25, 0.3) is 0 Å². The lowest BCUT2D eigenvalue weighted by Crippen LogP contribution is -2.34. The zero-order valence-electron chi connectivity index (χ0n) is 11.3. The van der Waals surface area contributed by atoms with Crippen LogP contribution in [0.15, 0.2) is 10.3 Å². The second kappa shape index (κ2) is 5.88. The molecule has 2 rings (SSSR count). The molecule has 1 aromatic rings. The first kappa shape index (κ1) is 14.9. The van der Waals surface area contributed by atoms with Crippen molar-refractivity contribution >= 4 is 21.4 Å². The lowest BCUT2D eigenvalue weighted by atomic mass is 10.3. The Hall–Kier alpha value is -0.470. The molecular weight excluding hydrogens is 282 g/mol. The fraction of sp³-hybridized carbons (Fsp3) is 0.667. The maximum Gasteiger partial charge on any atom is 0.242 e. The molecule has 0 spiro atoms. The van der Waals surface area contributed by atoms with Crippen molar-refractivity contribution in [1.29, 1.82) is 0 Å². The Bertz CT molecular complexity index is 535. The average Bonchev–Trinajstić information content (AvgIpc) is 3.12. The molecule has 1 fully saturated rings. The molecule has 0 aliphatic heterocycles. The van der Waals surface area contributed by atoms with Gasteiger partial charge in [0.15, 0.2) is 0 Å². The lowest BCUT2D eigenvalue weighted by molar-refractivity contribution is 0.329. The first-order valence-corrected chi connectivity index (χ1v) is 8.79. The Morgan fingerprint density at radius 2 is 2.21 bits per heavy atom. The van der Waals surface area contributed by atoms with Crippen molar-refractivity contribution in [2.24, 2.45) is 5.73 Å². The average molecular weight is 303 g/mol. The predicted molar refractivity (Wildman–Crippen MR) is 77.8 cm³/mol. The number of aryl methyl sites for hydroxylation is 1. The molecule has 0 unspecified atom stereocenters. The van der Waals surface area contributed by atoms with Gasteiger partial charge in [0.05, 0.1) is 0 Å². The minimum atomic E-state index is -3.44. The summed E-state index contributed by atoms with van der Waals surface area (Å²) in [7, 11) is -1.40. The van der Waals surface area contributed by atoms with Crippen LogP contribution in [0.5, 0.6) is 0 Å². The van der Waals surface area contributed by atoms with E-state index in [0.29, 0.717) is 17.5 Å².